The van der Waals surface area contributed by atoms with Crippen LogP contribution >= 0.6 is 0 Å². The smallest absolute Gasteiger partial charge is 0.272 e. The maximum absolute atomic E-state index is 12.6. The van der Waals surface area contributed by atoms with Gasteiger partial charge in [-0.3, -0.25) is 9.48 Å². The highest BCUT2D eigenvalue weighted by Gasteiger charge is 2.23. The number of aromatic nitrogens is 4. The quantitative estimate of drug-likeness (QED) is 0.803. The number of carbonyl (C=O) groups is 1. The highest BCUT2D eigenvalue weighted by molar-refractivity contribution is 5.94. The normalized spacial score (nSPS) is 13.9. The zero-order chi connectivity index (χ0) is 16.7. The lowest BCUT2D eigenvalue weighted by molar-refractivity contribution is 0.0943. The van der Waals surface area contributed by atoms with Gasteiger partial charge in [0, 0.05) is 30.7 Å². The van der Waals surface area contributed by atoms with Gasteiger partial charge in [-0.15, -0.1) is 0 Å². The molecule has 0 bridgehead atoms. The van der Waals surface area contributed by atoms with E-state index in [0.717, 1.165) is 36.2 Å². The van der Waals surface area contributed by atoms with Crippen molar-refractivity contribution < 1.29 is 4.79 Å². The maximum Gasteiger partial charge on any atom is 0.272 e. The second-order valence-corrected chi connectivity index (χ2v) is 6.49. The van der Waals surface area contributed by atoms with E-state index in [1.54, 1.807) is 0 Å². The Balaban J connectivity index is 1.52. The van der Waals surface area contributed by atoms with Gasteiger partial charge in [-0.05, 0) is 50.3 Å². The van der Waals surface area contributed by atoms with Crippen LogP contribution < -0.4 is 5.32 Å². The van der Waals surface area contributed by atoms with Crippen molar-refractivity contribution in [3.05, 3.63) is 52.7 Å². The molecule has 0 aromatic carbocycles. The molecule has 0 atom stereocenters. The third kappa shape index (κ3) is 2.58. The lowest BCUT2D eigenvalue weighted by atomic mass is 9.95. The van der Waals surface area contributed by atoms with E-state index in [0.29, 0.717) is 12.2 Å². The van der Waals surface area contributed by atoms with Crippen LogP contribution in [-0.4, -0.2) is 25.1 Å². The van der Waals surface area contributed by atoms with Crippen molar-refractivity contribution >= 4 is 11.6 Å². The Hall–Kier alpha value is -2.63. The molecule has 0 saturated carbocycles. The second-order valence-electron chi connectivity index (χ2n) is 6.49. The number of fused-ring (bicyclic) bond motifs is 2. The van der Waals surface area contributed by atoms with E-state index in [4.69, 9.17) is 0 Å². The minimum absolute atomic E-state index is 0.109. The Morgan fingerprint density at radius 1 is 1.33 bits per heavy atom. The van der Waals surface area contributed by atoms with E-state index in [2.05, 4.69) is 15.4 Å². The van der Waals surface area contributed by atoms with Crippen LogP contribution in [-0.2, 0) is 26.4 Å². The molecule has 3 aromatic rings. The van der Waals surface area contributed by atoms with Gasteiger partial charge in [0.25, 0.3) is 5.91 Å². The van der Waals surface area contributed by atoms with E-state index in [1.165, 1.54) is 17.7 Å². The van der Waals surface area contributed by atoms with Crippen LogP contribution in [0.5, 0.6) is 0 Å². The second kappa shape index (κ2) is 5.78. The molecule has 3 heterocycles. The molecular formula is C18H21N5O. The third-order valence-corrected chi connectivity index (χ3v) is 4.68. The molecule has 0 unspecified atom stereocenters. The van der Waals surface area contributed by atoms with Crippen LogP contribution in [0.25, 0.3) is 5.65 Å². The lowest BCUT2D eigenvalue weighted by Gasteiger charge is -2.12. The summed E-state index contributed by atoms with van der Waals surface area (Å²) in [6.45, 7) is 2.45. The number of pyridine rings is 1. The molecule has 1 amide bonds. The lowest BCUT2D eigenvalue weighted by Crippen LogP contribution is -2.25. The summed E-state index contributed by atoms with van der Waals surface area (Å²) in [7, 11) is 1.92. The standard InChI is InChI=1S/C18H21N5O/c1-12-7-8-23-11-13(20-16(23)9-12)10-19-18(24)17-14-5-3-4-6-15(14)22(2)21-17/h7-9,11H,3-6,10H2,1-2H3,(H,19,24). The van der Waals surface area contributed by atoms with Gasteiger partial charge in [0.1, 0.15) is 5.65 Å². The van der Waals surface area contributed by atoms with E-state index >= 15 is 0 Å². The number of hydrogen-bond donors (Lipinski definition) is 1. The predicted molar refractivity (Wildman–Crippen MR) is 90.9 cm³/mol. The molecule has 6 nitrogen and oxygen atoms in total. The number of nitrogens with zero attached hydrogens (tertiary/aromatic N) is 4. The van der Waals surface area contributed by atoms with Gasteiger partial charge in [-0.25, -0.2) is 4.98 Å². The molecule has 0 aliphatic heterocycles. The molecule has 0 fully saturated rings. The maximum atomic E-state index is 12.6. The van der Waals surface area contributed by atoms with Gasteiger partial charge < -0.3 is 9.72 Å². The fourth-order valence-electron chi connectivity index (χ4n) is 3.43. The summed E-state index contributed by atoms with van der Waals surface area (Å²) in [5, 5.41) is 7.40. The van der Waals surface area contributed by atoms with E-state index in [9.17, 15) is 4.79 Å². The average Bonchev–Trinajstić information content (AvgIpc) is 3.13. The van der Waals surface area contributed by atoms with Crippen LogP contribution in [0.4, 0.5) is 0 Å². The van der Waals surface area contributed by atoms with Crippen LogP contribution in [0.2, 0.25) is 0 Å². The minimum Gasteiger partial charge on any atom is -0.345 e. The molecule has 24 heavy (non-hydrogen) atoms. The highest BCUT2D eigenvalue weighted by atomic mass is 16.1. The van der Waals surface area contributed by atoms with Crippen molar-refractivity contribution in [1.29, 1.82) is 0 Å². The summed E-state index contributed by atoms with van der Waals surface area (Å²) in [4.78, 5) is 17.1. The number of carbonyl (C=O) groups excluding carboxylic acids is 1. The Labute approximate surface area is 140 Å². The number of imidazole rings is 1. The van der Waals surface area contributed by atoms with Gasteiger partial charge in [0.2, 0.25) is 0 Å². The molecule has 3 aromatic heterocycles. The fraction of sp³-hybridized carbons (Fsp3) is 0.389. The van der Waals surface area contributed by atoms with Crippen molar-refractivity contribution in [3.63, 3.8) is 0 Å². The fourth-order valence-corrected chi connectivity index (χ4v) is 3.43. The van der Waals surface area contributed by atoms with E-state index in [-0.39, 0.29) is 5.91 Å². The summed E-state index contributed by atoms with van der Waals surface area (Å²) in [5.74, 6) is -0.109. The zero-order valence-corrected chi connectivity index (χ0v) is 14.0. The SMILES string of the molecule is Cc1ccn2cc(CNC(=O)c3nn(C)c4c3CCCC4)nc2c1. The predicted octanol–water partition coefficient (Wildman–Crippen LogP) is 2.19. The van der Waals surface area contributed by atoms with Crippen molar-refractivity contribution in [3.8, 4) is 0 Å². The monoisotopic (exact) mass is 323 g/mol. The summed E-state index contributed by atoms with van der Waals surface area (Å²) in [5.41, 5.74) is 5.81. The zero-order valence-electron chi connectivity index (χ0n) is 14.0. The first-order valence-electron chi connectivity index (χ1n) is 8.39. The van der Waals surface area contributed by atoms with Crippen LogP contribution in [0, 0.1) is 6.92 Å². The van der Waals surface area contributed by atoms with Crippen molar-refractivity contribution in [2.45, 2.75) is 39.2 Å². The van der Waals surface area contributed by atoms with Crippen molar-refractivity contribution in [2.75, 3.05) is 0 Å². The van der Waals surface area contributed by atoms with Crippen molar-refractivity contribution in [2.24, 2.45) is 7.05 Å². The van der Waals surface area contributed by atoms with Gasteiger partial charge in [-0.2, -0.15) is 5.10 Å². The van der Waals surface area contributed by atoms with Gasteiger partial charge >= 0.3 is 0 Å². The third-order valence-electron chi connectivity index (χ3n) is 4.68. The van der Waals surface area contributed by atoms with Gasteiger partial charge in [0.05, 0.1) is 12.2 Å². The highest BCUT2D eigenvalue weighted by Crippen LogP contribution is 2.23. The Kier molecular flexibility index (Phi) is 3.59. The summed E-state index contributed by atoms with van der Waals surface area (Å²) < 4.78 is 3.83. The number of nitrogens with one attached hydrogen (secondary N) is 1. The molecule has 1 aliphatic rings. The molecule has 0 radical (unpaired) electrons. The first-order valence-corrected chi connectivity index (χ1v) is 8.39. The molecular weight excluding hydrogens is 302 g/mol. The molecule has 6 heteroatoms. The average molecular weight is 323 g/mol. The van der Waals surface area contributed by atoms with Crippen LogP contribution in [0.15, 0.2) is 24.5 Å². The van der Waals surface area contributed by atoms with Gasteiger partial charge in [0.15, 0.2) is 5.69 Å². The van der Waals surface area contributed by atoms with E-state index in [1.807, 2.05) is 47.6 Å². The summed E-state index contributed by atoms with van der Waals surface area (Å²) in [6.07, 6.45) is 8.19. The summed E-state index contributed by atoms with van der Waals surface area (Å²) in [6, 6.07) is 4.07. The topological polar surface area (TPSA) is 64.2 Å². The largest absolute Gasteiger partial charge is 0.345 e. The Bertz CT molecular complexity index is 921. The molecule has 1 aliphatic carbocycles. The molecule has 0 spiro atoms. The van der Waals surface area contributed by atoms with Crippen molar-refractivity contribution in [1.82, 2.24) is 24.5 Å². The van der Waals surface area contributed by atoms with E-state index < -0.39 is 0 Å². The minimum atomic E-state index is -0.109. The molecule has 1 N–H and O–H groups in total. The Morgan fingerprint density at radius 2 is 2.17 bits per heavy atom. The number of aryl methyl sites for hydroxylation is 2. The molecule has 0 saturated heterocycles. The molecule has 4 rings (SSSR count). The van der Waals surface area contributed by atoms with Crippen LogP contribution in [0.3, 0.4) is 0 Å². The number of rotatable bonds is 3. The first kappa shape index (κ1) is 14.9. The van der Waals surface area contributed by atoms with Gasteiger partial charge in [-0.1, -0.05) is 0 Å². The van der Waals surface area contributed by atoms with Crippen LogP contribution in [0.1, 0.15) is 45.8 Å². The number of amides is 1. The number of hydrogen-bond acceptors (Lipinski definition) is 3. The molecule has 124 valence electrons. The Morgan fingerprint density at radius 3 is 3.04 bits per heavy atom. The first-order chi connectivity index (χ1) is 11.6. The summed E-state index contributed by atoms with van der Waals surface area (Å²) >= 11 is 0.